The Bertz CT molecular complexity index is 718. The first kappa shape index (κ1) is 13.7. The van der Waals surface area contributed by atoms with Crippen molar-refractivity contribution in [1.82, 2.24) is 9.88 Å². The second kappa shape index (κ2) is 6.46. The molecule has 1 heterocycles. The van der Waals surface area contributed by atoms with E-state index in [2.05, 4.69) is 46.4 Å². The van der Waals surface area contributed by atoms with E-state index < -0.39 is 0 Å². The van der Waals surface area contributed by atoms with Gasteiger partial charge in [0.15, 0.2) is 0 Å². The van der Waals surface area contributed by atoms with Gasteiger partial charge in [0.2, 0.25) is 0 Å². The largest absolute Gasteiger partial charge is 0.508 e. The average molecular weight is 280 g/mol. The van der Waals surface area contributed by atoms with Gasteiger partial charge in [0.25, 0.3) is 0 Å². The van der Waals surface area contributed by atoms with E-state index in [4.69, 9.17) is 0 Å². The summed E-state index contributed by atoms with van der Waals surface area (Å²) < 4.78 is 2.30. The van der Waals surface area contributed by atoms with Crippen LogP contribution in [0.2, 0.25) is 0 Å². The molecule has 0 spiro atoms. The molecule has 21 heavy (non-hydrogen) atoms. The molecule has 0 saturated carbocycles. The van der Waals surface area contributed by atoms with Crippen molar-refractivity contribution >= 4 is 10.9 Å². The summed E-state index contributed by atoms with van der Waals surface area (Å²) in [6.45, 7) is 2.77. The van der Waals surface area contributed by atoms with E-state index >= 15 is 0 Å². The van der Waals surface area contributed by atoms with Crippen LogP contribution < -0.4 is 5.32 Å². The smallest absolute Gasteiger partial charge is 0.115 e. The third-order valence-electron chi connectivity index (χ3n) is 3.67. The number of nitrogens with zero attached hydrogens (tertiary/aromatic N) is 1. The van der Waals surface area contributed by atoms with E-state index in [-0.39, 0.29) is 0 Å². The predicted molar refractivity (Wildman–Crippen MR) is 86.4 cm³/mol. The number of hydrogen-bond acceptors (Lipinski definition) is 2. The standard InChI is InChI=1S/C18H20N2O/c21-17-7-3-5-15(13-17)14-19-10-4-11-20-12-9-16-6-1-2-8-18(16)20/h1-3,5-9,12-13,19,21H,4,10-11,14H2. The van der Waals surface area contributed by atoms with Gasteiger partial charge in [0.05, 0.1) is 0 Å². The van der Waals surface area contributed by atoms with E-state index in [1.165, 1.54) is 10.9 Å². The van der Waals surface area contributed by atoms with Gasteiger partial charge in [-0.25, -0.2) is 0 Å². The third kappa shape index (κ3) is 3.44. The van der Waals surface area contributed by atoms with Crippen molar-refractivity contribution in [1.29, 1.82) is 0 Å². The highest BCUT2D eigenvalue weighted by Crippen LogP contribution is 2.15. The maximum atomic E-state index is 9.41. The number of aromatic nitrogens is 1. The van der Waals surface area contributed by atoms with Crippen LogP contribution in [0.15, 0.2) is 60.8 Å². The monoisotopic (exact) mass is 280 g/mol. The third-order valence-corrected chi connectivity index (χ3v) is 3.67. The second-order valence-corrected chi connectivity index (χ2v) is 5.27. The number of aromatic hydroxyl groups is 1. The average Bonchev–Trinajstić information content (AvgIpc) is 2.90. The minimum Gasteiger partial charge on any atom is -0.508 e. The zero-order valence-corrected chi connectivity index (χ0v) is 12.0. The molecular weight excluding hydrogens is 260 g/mol. The molecule has 0 radical (unpaired) electrons. The number of phenolic OH excluding ortho intramolecular Hbond substituents is 1. The number of aryl methyl sites for hydroxylation is 1. The van der Waals surface area contributed by atoms with Crippen molar-refractivity contribution in [2.45, 2.75) is 19.5 Å². The molecule has 0 aliphatic carbocycles. The highest BCUT2D eigenvalue weighted by Gasteiger charge is 1.99. The molecule has 0 atom stereocenters. The number of fused-ring (bicyclic) bond motifs is 1. The van der Waals surface area contributed by atoms with Crippen LogP contribution in [-0.2, 0) is 13.1 Å². The summed E-state index contributed by atoms with van der Waals surface area (Å²) in [6.07, 6.45) is 3.23. The first-order valence-electron chi connectivity index (χ1n) is 7.35. The Morgan fingerprint density at radius 3 is 2.81 bits per heavy atom. The normalized spacial score (nSPS) is 11.0. The molecule has 3 aromatic rings. The van der Waals surface area contributed by atoms with E-state index in [9.17, 15) is 5.11 Å². The molecular formula is C18H20N2O. The van der Waals surface area contributed by atoms with Gasteiger partial charge in [0, 0.05) is 24.8 Å². The Balaban J connectivity index is 1.46. The van der Waals surface area contributed by atoms with Crippen LogP contribution in [0.25, 0.3) is 10.9 Å². The van der Waals surface area contributed by atoms with E-state index in [1.54, 1.807) is 12.1 Å². The van der Waals surface area contributed by atoms with Crippen molar-refractivity contribution in [2.75, 3.05) is 6.54 Å². The van der Waals surface area contributed by atoms with Gasteiger partial charge < -0.3 is 15.0 Å². The molecule has 2 N–H and O–H groups in total. The van der Waals surface area contributed by atoms with E-state index in [0.717, 1.165) is 31.6 Å². The summed E-state index contributed by atoms with van der Waals surface area (Å²) in [5.41, 5.74) is 2.41. The molecule has 0 fully saturated rings. The molecule has 0 saturated heterocycles. The van der Waals surface area contributed by atoms with Gasteiger partial charge in [-0.05, 0) is 48.2 Å². The summed E-state index contributed by atoms with van der Waals surface area (Å²) in [4.78, 5) is 0. The lowest BCUT2D eigenvalue weighted by Crippen LogP contribution is -2.16. The van der Waals surface area contributed by atoms with Gasteiger partial charge >= 0.3 is 0 Å². The Morgan fingerprint density at radius 1 is 1.00 bits per heavy atom. The van der Waals surface area contributed by atoms with Crippen LogP contribution in [0.4, 0.5) is 0 Å². The van der Waals surface area contributed by atoms with Crippen molar-refractivity contribution in [2.24, 2.45) is 0 Å². The van der Waals surface area contributed by atoms with Gasteiger partial charge in [0.1, 0.15) is 5.75 Å². The fraction of sp³-hybridized carbons (Fsp3) is 0.222. The maximum absolute atomic E-state index is 9.41. The second-order valence-electron chi connectivity index (χ2n) is 5.27. The fourth-order valence-corrected chi connectivity index (χ4v) is 2.61. The molecule has 0 amide bonds. The first-order chi connectivity index (χ1) is 10.3. The Labute approximate surface area is 124 Å². The number of benzene rings is 2. The Hall–Kier alpha value is -2.26. The lowest BCUT2D eigenvalue weighted by molar-refractivity contribution is 0.474. The minimum absolute atomic E-state index is 0.327. The van der Waals surface area contributed by atoms with Gasteiger partial charge in [-0.15, -0.1) is 0 Å². The van der Waals surface area contributed by atoms with Crippen molar-refractivity contribution in [3.63, 3.8) is 0 Å². The number of phenols is 1. The fourth-order valence-electron chi connectivity index (χ4n) is 2.61. The van der Waals surface area contributed by atoms with Crippen LogP contribution in [-0.4, -0.2) is 16.2 Å². The van der Waals surface area contributed by atoms with E-state index in [0.29, 0.717) is 5.75 Å². The SMILES string of the molecule is Oc1cccc(CNCCCn2ccc3ccccc32)c1. The summed E-state index contributed by atoms with van der Waals surface area (Å²) >= 11 is 0. The minimum atomic E-state index is 0.327. The van der Waals surface area contributed by atoms with Gasteiger partial charge in [-0.2, -0.15) is 0 Å². The summed E-state index contributed by atoms with van der Waals surface area (Å²) in [6, 6.07) is 18.0. The Morgan fingerprint density at radius 2 is 1.90 bits per heavy atom. The highest BCUT2D eigenvalue weighted by atomic mass is 16.3. The zero-order chi connectivity index (χ0) is 14.5. The first-order valence-corrected chi connectivity index (χ1v) is 7.35. The van der Waals surface area contributed by atoms with Crippen LogP contribution in [0.5, 0.6) is 5.75 Å². The topological polar surface area (TPSA) is 37.2 Å². The molecule has 2 aromatic carbocycles. The van der Waals surface area contributed by atoms with Crippen LogP contribution in [0.1, 0.15) is 12.0 Å². The summed E-state index contributed by atoms with van der Waals surface area (Å²) in [5.74, 6) is 0.327. The molecule has 3 heteroatoms. The number of para-hydroxylation sites is 1. The molecule has 0 unspecified atom stereocenters. The lowest BCUT2D eigenvalue weighted by atomic mass is 10.2. The van der Waals surface area contributed by atoms with Crippen LogP contribution in [0, 0.1) is 0 Å². The van der Waals surface area contributed by atoms with Crippen molar-refractivity contribution < 1.29 is 5.11 Å². The highest BCUT2D eigenvalue weighted by molar-refractivity contribution is 5.79. The molecule has 1 aromatic heterocycles. The Kier molecular flexibility index (Phi) is 4.22. The quantitative estimate of drug-likeness (QED) is 0.678. The number of hydrogen-bond donors (Lipinski definition) is 2. The molecule has 3 rings (SSSR count). The van der Waals surface area contributed by atoms with Gasteiger partial charge in [-0.3, -0.25) is 0 Å². The predicted octanol–water partition coefficient (Wildman–Crippen LogP) is 3.53. The van der Waals surface area contributed by atoms with E-state index in [1.807, 2.05) is 12.1 Å². The maximum Gasteiger partial charge on any atom is 0.115 e. The van der Waals surface area contributed by atoms with Crippen LogP contribution in [0.3, 0.4) is 0 Å². The van der Waals surface area contributed by atoms with Crippen molar-refractivity contribution in [3.05, 3.63) is 66.4 Å². The number of nitrogens with one attached hydrogen (secondary N) is 1. The molecule has 108 valence electrons. The van der Waals surface area contributed by atoms with Gasteiger partial charge in [-0.1, -0.05) is 30.3 Å². The molecule has 3 nitrogen and oxygen atoms in total. The number of rotatable bonds is 6. The lowest BCUT2D eigenvalue weighted by Gasteiger charge is -2.07. The summed E-state index contributed by atoms with van der Waals surface area (Å²) in [7, 11) is 0. The zero-order valence-electron chi connectivity index (χ0n) is 12.0. The molecule has 0 aliphatic heterocycles. The van der Waals surface area contributed by atoms with Crippen LogP contribution >= 0.6 is 0 Å². The molecule has 0 aliphatic rings. The van der Waals surface area contributed by atoms with Crippen molar-refractivity contribution in [3.8, 4) is 5.75 Å². The molecule has 0 bridgehead atoms. The summed E-state index contributed by atoms with van der Waals surface area (Å²) in [5, 5.41) is 14.1.